The van der Waals surface area contributed by atoms with Gasteiger partial charge in [0, 0.05) is 11.6 Å². The molecule has 2 aromatic rings. The topological polar surface area (TPSA) is 111 Å². The minimum absolute atomic E-state index is 0.0870. The van der Waals surface area contributed by atoms with E-state index in [1.807, 2.05) is 0 Å². The summed E-state index contributed by atoms with van der Waals surface area (Å²) in [6.07, 6.45) is 2.76. The van der Waals surface area contributed by atoms with Crippen molar-refractivity contribution in [2.75, 3.05) is 21.3 Å². The van der Waals surface area contributed by atoms with Gasteiger partial charge in [-0.25, -0.2) is 0 Å². The number of hydrazine groups is 1. The van der Waals surface area contributed by atoms with Gasteiger partial charge in [-0.05, 0) is 49.5 Å². The second-order valence-electron chi connectivity index (χ2n) is 5.59. The highest BCUT2D eigenvalue weighted by Crippen LogP contribution is 2.38. The molecule has 1 aromatic heterocycles. The van der Waals surface area contributed by atoms with Gasteiger partial charge in [0.15, 0.2) is 16.6 Å². The van der Waals surface area contributed by atoms with Gasteiger partial charge < -0.3 is 18.6 Å². The van der Waals surface area contributed by atoms with Crippen molar-refractivity contribution in [3.8, 4) is 17.2 Å². The molecule has 29 heavy (non-hydrogen) atoms. The fourth-order valence-corrected chi connectivity index (χ4v) is 2.44. The van der Waals surface area contributed by atoms with Crippen LogP contribution >= 0.6 is 12.2 Å². The van der Waals surface area contributed by atoms with Crippen molar-refractivity contribution in [3.63, 3.8) is 0 Å². The molecule has 0 aliphatic rings. The van der Waals surface area contributed by atoms with E-state index in [-0.39, 0.29) is 10.7 Å². The van der Waals surface area contributed by atoms with Crippen LogP contribution in [0.2, 0.25) is 0 Å². The average Bonchev–Trinajstić information content (AvgIpc) is 3.14. The number of ether oxygens (including phenoxy) is 3. The highest BCUT2D eigenvalue weighted by Gasteiger charge is 2.17. The first kappa shape index (κ1) is 21.8. The molecule has 0 saturated carbocycles. The van der Waals surface area contributed by atoms with Crippen LogP contribution in [0.4, 0.5) is 0 Å². The molecule has 0 bridgehead atoms. The lowest BCUT2D eigenvalue weighted by Gasteiger charge is -2.14. The minimum atomic E-state index is -0.526. The second kappa shape index (κ2) is 10.1. The zero-order valence-electron chi connectivity index (χ0n) is 16.3. The summed E-state index contributed by atoms with van der Waals surface area (Å²) in [4.78, 5) is 24.2. The molecule has 0 fully saturated rings. The van der Waals surface area contributed by atoms with E-state index in [4.69, 9.17) is 30.8 Å². The van der Waals surface area contributed by atoms with E-state index in [1.54, 1.807) is 19.1 Å². The van der Waals surface area contributed by atoms with Crippen molar-refractivity contribution in [2.45, 2.75) is 6.92 Å². The Morgan fingerprint density at radius 3 is 2.21 bits per heavy atom. The molecule has 0 aliphatic carbocycles. The Kier molecular flexibility index (Phi) is 7.61. The van der Waals surface area contributed by atoms with Crippen LogP contribution in [0.25, 0.3) is 6.08 Å². The molecule has 1 aromatic carbocycles. The lowest BCUT2D eigenvalue weighted by atomic mass is 10.1. The van der Waals surface area contributed by atoms with Gasteiger partial charge in [0.25, 0.3) is 5.91 Å². The van der Waals surface area contributed by atoms with Crippen molar-refractivity contribution in [1.29, 1.82) is 0 Å². The number of carbonyl (C=O) groups is 2. The lowest BCUT2D eigenvalue weighted by Crippen LogP contribution is -2.48. The van der Waals surface area contributed by atoms with Crippen molar-refractivity contribution >= 4 is 35.2 Å². The molecule has 2 amide bonds. The molecule has 1 heterocycles. The molecule has 0 aliphatic heterocycles. The van der Waals surface area contributed by atoms with Gasteiger partial charge in [-0.3, -0.25) is 25.8 Å². The largest absolute Gasteiger partial charge is 0.493 e. The van der Waals surface area contributed by atoms with E-state index in [1.165, 1.54) is 45.6 Å². The van der Waals surface area contributed by atoms with Gasteiger partial charge in [0.05, 0.1) is 21.3 Å². The molecule has 0 unspecified atom stereocenters. The summed E-state index contributed by atoms with van der Waals surface area (Å²) in [5, 5.41) is 2.31. The van der Waals surface area contributed by atoms with Crippen molar-refractivity contribution < 1.29 is 28.2 Å². The number of thiocarbonyl (C=S) groups is 1. The third-order valence-corrected chi connectivity index (χ3v) is 3.82. The predicted molar refractivity (Wildman–Crippen MR) is 110 cm³/mol. The molecule has 0 atom stereocenters. The van der Waals surface area contributed by atoms with E-state index < -0.39 is 11.8 Å². The van der Waals surface area contributed by atoms with Crippen molar-refractivity contribution in [3.05, 3.63) is 47.4 Å². The number of furan rings is 1. The summed E-state index contributed by atoms with van der Waals surface area (Å²) < 4.78 is 21.0. The van der Waals surface area contributed by atoms with Crippen LogP contribution in [0.5, 0.6) is 17.2 Å². The molecular formula is C19H21N3O6S. The summed E-state index contributed by atoms with van der Waals surface area (Å²) in [6.45, 7) is 1.80. The third-order valence-electron chi connectivity index (χ3n) is 3.61. The Hall–Kier alpha value is -3.53. The Labute approximate surface area is 173 Å². The van der Waals surface area contributed by atoms with Crippen LogP contribution in [0, 0.1) is 6.92 Å². The Bertz CT molecular complexity index is 913. The van der Waals surface area contributed by atoms with Gasteiger partial charge in [0.1, 0.15) is 11.5 Å². The van der Waals surface area contributed by atoms with Gasteiger partial charge in [0.2, 0.25) is 11.7 Å². The lowest BCUT2D eigenvalue weighted by molar-refractivity contribution is -0.115. The van der Waals surface area contributed by atoms with Gasteiger partial charge in [-0.15, -0.1) is 0 Å². The highest BCUT2D eigenvalue weighted by atomic mass is 32.1. The van der Waals surface area contributed by atoms with Crippen LogP contribution in [-0.2, 0) is 4.79 Å². The molecule has 0 saturated heterocycles. The molecule has 2 rings (SSSR count). The standard InChI is InChI=1S/C19H21N3O6S/c1-11-5-6-13(28-11)7-8-16(23)20-19(29)22-21-18(24)12-9-14(25-2)17(27-4)15(10-12)26-3/h5-10H,1-4H3,(H,21,24)(H2,20,22,23,29)/b8-7+. The summed E-state index contributed by atoms with van der Waals surface area (Å²) in [6, 6.07) is 6.47. The Morgan fingerprint density at radius 2 is 1.69 bits per heavy atom. The van der Waals surface area contributed by atoms with Crippen molar-refractivity contribution in [1.82, 2.24) is 16.2 Å². The molecule has 3 N–H and O–H groups in total. The number of rotatable bonds is 6. The molecular weight excluding hydrogens is 398 g/mol. The predicted octanol–water partition coefficient (Wildman–Crippen LogP) is 1.96. The number of carbonyl (C=O) groups excluding carboxylic acids is 2. The van der Waals surface area contributed by atoms with E-state index in [0.29, 0.717) is 23.0 Å². The Balaban J connectivity index is 1.93. The fourth-order valence-electron chi connectivity index (χ4n) is 2.28. The van der Waals surface area contributed by atoms with E-state index >= 15 is 0 Å². The quantitative estimate of drug-likeness (QED) is 0.370. The number of benzene rings is 1. The van der Waals surface area contributed by atoms with Crippen LogP contribution in [0.15, 0.2) is 34.8 Å². The molecule has 10 heteroatoms. The summed E-state index contributed by atoms with van der Waals surface area (Å²) in [5.41, 5.74) is 5.06. The SMILES string of the molecule is COc1cc(C(=O)NNC(=S)NC(=O)/C=C/c2ccc(C)o2)cc(OC)c1OC. The van der Waals surface area contributed by atoms with Gasteiger partial charge in [-0.1, -0.05) is 0 Å². The van der Waals surface area contributed by atoms with E-state index in [9.17, 15) is 9.59 Å². The number of hydrogen-bond donors (Lipinski definition) is 3. The summed E-state index contributed by atoms with van der Waals surface area (Å²) in [5.74, 6) is 1.27. The third kappa shape index (κ3) is 5.98. The first-order valence-corrected chi connectivity index (χ1v) is 8.74. The van der Waals surface area contributed by atoms with E-state index in [0.717, 1.165) is 5.76 Å². The van der Waals surface area contributed by atoms with Crippen LogP contribution in [-0.4, -0.2) is 38.3 Å². The maximum absolute atomic E-state index is 12.4. The number of amides is 2. The minimum Gasteiger partial charge on any atom is -0.493 e. The first-order valence-electron chi connectivity index (χ1n) is 8.33. The highest BCUT2D eigenvalue weighted by molar-refractivity contribution is 7.80. The molecule has 0 radical (unpaired) electrons. The van der Waals surface area contributed by atoms with Crippen LogP contribution in [0.1, 0.15) is 21.9 Å². The normalized spacial score (nSPS) is 10.3. The molecule has 9 nitrogen and oxygen atoms in total. The molecule has 0 spiro atoms. The average molecular weight is 419 g/mol. The monoisotopic (exact) mass is 419 g/mol. The summed E-state index contributed by atoms with van der Waals surface area (Å²) in [7, 11) is 4.35. The molecule has 154 valence electrons. The van der Waals surface area contributed by atoms with Gasteiger partial charge >= 0.3 is 0 Å². The van der Waals surface area contributed by atoms with Gasteiger partial charge in [-0.2, -0.15) is 0 Å². The number of methoxy groups -OCH3 is 3. The zero-order valence-corrected chi connectivity index (χ0v) is 17.1. The van der Waals surface area contributed by atoms with Crippen LogP contribution in [0.3, 0.4) is 0 Å². The number of nitrogens with one attached hydrogen (secondary N) is 3. The maximum Gasteiger partial charge on any atom is 0.269 e. The zero-order chi connectivity index (χ0) is 21.4. The number of hydrogen-bond acceptors (Lipinski definition) is 7. The maximum atomic E-state index is 12.4. The smallest absolute Gasteiger partial charge is 0.269 e. The fraction of sp³-hybridized carbons (Fsp3) is 0.211. The number of aryl methyl sites for hydroxylation is 1. The van der Waals surface area contributed by atoms with Crippen molar-refractivity contribution in [2.24, 2.45) is 0 Å². The van der Waals surface area contributed by atoms with E-state index in [2.05, 4.69) is 16.2 Å². The summed E-state index contributed by atoms with van der Waals surface area (Å²) >= 11 is 4.99. The Morgan fingerprint density at radius 1 is 1.03 bits per heavy atom. The first-order chi connectivity index (χ1) is 13.9. The van der Waals surface area contributed by atoms with Crippen LogP contribution < -0.4 is 30.4 Å². The second-order valence-corrected chi connectivity index (χ2v) is 6.00.